The zero-order chi connectivity index (χ0) is 19.5. The number of carbonyl (C=O) groups excluding carboxylic acids is 2. The van der Waals surface area contributed by atoms with Crippen LogP contribution in [0.25, 0.3) is 0 Å². The summed E-state index contributed by atoms with van der Waals surface area (Å²) in [5.74, 6) is 0.885. The van der Waals surface area contributed by atoms with Gasteiger partial charge in [0, 0.05) is 45.9 Å². The largest absolute Gasteiger partial charge is 0.377 e. The third-order valence-corrected chi connectivity index (χ3v) is 5.52. The maximum Gasteiger partial charge on any atom is 0.225 e. The van der Waals surface area contributed by atoms with Crippen molar-refractivity contribution in [3.05, 3.63) is 47.5 Å². The molecule has 28 heavy (non-hydrogen) atoms. The Hall–Kier alpha value is -2.74. The van der Waals surface area contributed by atoms with Gasteiger partial charge in [0.1, 0.15) is 12.2 Å². The molecule has 1 aromatic heterocycles. The van der Waals surface area contributed by atoms with Gasteiger partial charge in [-0.2, -0.15) is 0 Å². The Morgan fingerprint density at radius 3 is 2.61 bits per heavy atom. The fraction of sp³-hybridized carbons (Fsp3) is 0.500. The second kappa shape index (κ2) is 8.10. The molecule has 2 aliphatic heterocycles. The van der Waals surface area contributed by atoms with Crippen LogP contribution < -0.4 is 0 Å². The van der Waals surface area contributed by atoms with E-state index >= 15 is 0 Å². The molecule has 2 amide bonds. The van der Waals surface area contributed by atoms with Crippen molar-refractivity contribution in [2.75, 3.05) is 19.8 Å². The number of aromatic nitrogens is 3. The summed E-state index contributed by atoms with van der Waals surface area (Å²) in [7, 11) is 1.87. The predicted molar refractivity (Wildman–Crippen MR) is 101 cm³/mol. The van der Waals surface area contributed by atoms with Crippen LogP contribution in [0, 0.1) is 0 Å². The number of morpholine rings is 1. The first-order valence-electron chi connectivity index (χ1n) is 9.66. The first-order chi connectivity index (χ1) is 13.6. The molecule has 1 aromatic carbocycles. The molecule has 8 nitrogen and oxygen atoms in total. The number of hydrogen-bond donors (Lipinski definition) is 0. The van der Waals surface area contributed by atoms with Crippen LogP contribution in [0.2, 0.25) is 0 Å². The average Bonchev–Trinajstić information content (AvgIpc) is 3.32. The number of fused-ring (bicyclic) bond motifs is 1. The fourth-order valence-corrected chi connectivity index (χ4v) is 3.89. The summed E-state index contributed by atoms with van der Waals surface area (Å²) in [4.78, 5) is 29.3. The Morgan fingerprint density at radius 1 is 1.18 bits per heavy atom. The minimum absolute atomic E-state index is 0.0359. The summed E-state index contributed by atoms with van der Waals surface area (Å²) >= 11 is 0. The highest BCUT2D eigenvalue weighted by molar-refractivity contribution is 5.80. The van der Waals surface area contributed by atoms with E-state index in [-0.39, 0.29) is 17.9 Å². The monoisotopic (exact) mass is 383 g/mol. The molecule has 4 rings (SSSR count). The maximum absolute atomic E-state index is 12.9. The molecule has 1 fully saturated rings. The zero-order valence-electron chi connectivity index (χ0n) is 16.1. The number of ether oxygens (including phenoxy) is 1. The lowest BCUT2D eigenvalue weighted by atomic mass is 10.1. The van der Waals surface area contributed by atoms with Gasteiger partial charge in [0.2, 0.25) is 11.8 Å². The Bertz CT molecular complexity index is 840. The molecule has 148 valence electrons. The molecule has 2 aromatic rings. The summed E-state index contributed by atoms with van der Waals surface area (Å²) in [6.07, 6.45) is 2.81. The summed E-state index contributed by atoms with van der Waals surface area (Å²) in [5, 5.41) is 7.87. The second-order valence-corrected chi connectivity index (χ2v) is 7.40. The fourth-order valence-electron chi connectivity index (χ4n) is 3.89. The van der Waals surface area contributed by atoms with Crippen LogP contribution in [-0.4, -0.2) is 62.2 Å². The lowest BCUT2D eigenvalue weighted by molar-refractivity contribution is -0.144. The number of benzene rings is 1. The van der Waals surface area contributed by atoms with Gasteiger partial charge in [-0.05, 0) is 11.1 Å². The average molecular weight is 383 g/mol. The molecule has 0 N–H and O–H groups in total. The van der Waals surface area contributed by atoms with Crippen LogP contribution in [0.5, 0.6) is 0 Å². The van der Waals surface area contributed by atoms with E-state index in [1.165, 1.54) is 11.1 Å². The van der Waals surface area contributed by atoms with Crippen molar-refractivity contribution in [2.24, 2.45) is 7.05 Å². The third-order valence-electron chi connectivity index (χ3n) is 5.52. The lowest BCUT2D eigenvalue weighted by Crippen LogP contribution is -2.50. The first-order valence-corrected chi connectivity index (χ1v) is 9.66. The Morgan fingerprint density at radius 2 is 1.93 bits per heavy atom. The highest BCUT2D eigenvalue weighted by atomic mass is 16.5. The van der Waals surface area contributed by atoms with E-state index in [2.05, 4.69) is 22.3 Å². The van der Waals surface area contributed by atoms with Gasteiger partial charge in [0.15, 0.2) is 0 Å². The van der Waals surface area contributed by atoms with Gasteiger partial charge in [-0.1, -0.05) is 24.3 Å². The van der Waals surface area contributed by atoms with Crippen LogP contribution in [-0.2, 0) is 40.9 Å². The van der Waals surface area contributed by atoms with E-state index in [9.17, 15) is 9.59 Å². The molecule has 0 spiro atoms. The van der Waals surface area contributed by atoms with Crippen molar-refractivity contribution in [3.8, 4) is 0 Å². The van der Waals surface area contributed by atoms with Gasteiger partial charge >= 0.3 is 0 Å². The number of rotatable bonds is 5. The van der Waals surface area contributed by atoms with Gasteiger partial charge in [0.25, 0.3) is 0 Å². The molecular weight excluding hydrogens is 358 g/mol. The number of aryl methyl sites for hydroxylation is 2. The molecule has 8 heteroatoms. The topological polar surface area (TPSA) is 80.6 Å². The minimum Gasteiger partial charge on any atom is -0.377 e. The summed E-state index contributed by atoms with van der Waals surface area (Å²) in [6.45, 7) is 2.72. The van der Waals surface area contributed by atoms with Crippen LogP contribution in [0.4, 0.5) is 0 Å². The van der Waals surface area contributed by atoms with Crippen molar-refractivity contribution in [1.29, 1.82) is 0 Å². The van der Waals surface area contributed by atoms with Crippen molar-refractivity contribution in [1.82, 2.24) is 24.6 Å². The van der Waals surface area contributed by atoms with E-state index in [1.54, 1.807) is 11.2 Å². The standard InChI is InChI=1S/C20H25N5O3/c1-23-14-21-22-18(23)6-7-19(26)25-8-9-28-13-17(25)10-20(27)24-11-15-4-2-3-5-16(15)12-24/h2-5,14,17H,6-13H2,1H3. The number of hydrogen-bond acceptors (Lipinski definition) is 5. The zero-order valence-corrected chi connectivity index (χ0v) is 16.1. The molecule has 1 unspecified atom stereocenters. The van der Waals surface area contributed by atoms with E-state index in [0.717, 1.165) is 5.82 Å². The van der Waals surface area contributed by atoms with E-state index in [4.69, 9.17) is 4.74 Å². The van der Waals surface area contributed by atoms with Gasteiger partial charge in [-0.25, -0.2) is 0 Å². The number of amides is 2. The minimum atomic E-state index is -0.211. The number of nitrogens with zero attached hydrogens (tertiary/aromatic N) is 5. The molecule has 2 aliphatic rings. The van der Waals surface area contributed by atoms with Crippen molar-refractivity contribution < 1.29 is 14.3 Å². The van der Waals surface area contributed by atoms with Crippen LogP contribution >= 0.6 is 0 Å². The van der Waals surface area contributed by atoms with Crippen LogP contribution in [0.15, 0.2) is 30.6 Å². The lowest BCUT2D eigenvalue weighted by Gasteiger charge is -2.36. The van der Waals surface area contributed by atoms with E-state index < -0.39 is 0 Å². The summed E-state index contributed by atoms with van der Waals surface area (Å²) < 4.78 is 7.38. The van der Waals surface area contributed by atoms with E-state index in [0.29, 0.717) is 52.1 Å². The molecule has 3 heterocycles. The Kier molecular flexibility index (Phi) is 5.38. The van der Waals surface area contributed by atoms with Crippen molar-refractivity contribution >= 4 is 11.8 Å². The Labute approximate surface area is 164 Å². The van der Waals surface area contributed by atoms with Gasteiger partial charge in [0.05, 0.1) is 19.3 Å². The highest BCUT2D eigenvalue weighted by Crippen LogP contribution is 2.24. The Balaban J connectivity index is 1.35. The van der Waals surface area contributed by atoms with Crippen molar-refractivity contribution in [3.63, 3.8) is 0 Å². The van der Waals surface area contributed by atoms with Gasteiger partial charge < -0.3 is 19.1 Å². The first kappa shape index (κ1) is 18.6. The van der Waals surface area contributed by atoms with Crippen LogP contribution in [0.1, 0.15) is 29.8 Å². The number of carbonyl (C=O) groups is 2. The van der Waals surface area contributed by atoms with Gasteiger partial charge in [-0.3, -0.25) is 9.59 Å². The van der Waals surface area contributed by atoms with Crippen LogP contribution in [0.3, 0.4) is 0 Å². The third kappa shape index (κ3) is 3.91. The molecule has 0 aliphatic carbocycles. The highest BCUT2D eigenvalue weighted by Gasteiger charge is 2.32. The molecule has 0 bridgehead atoms. The molecule has 0 radical (unpaired) electrons. The van der Waals surface area contributed by atoms with Crippen molar-refractivity contribution in [2.45, 2.75) is 38.4 Å². The second-order valence-electron chi connectivity index (χ2n) is 7.40. The molecule has 1 saturated heterocycles. The normalized spacial score (nSPS) is 19.0. The summed E-state index contributed by atoms with van der Waals surface area (Å²) in [5.41, 5.74) is 2.40. The molecule has 1 atom stereocenters. The van der Waals surface area contributed by atoms with Gasteiger partial charge in [-0.15, -0.1) is 10.2 Å². The molecular formula is C20H25N5O3. The van der Waals surface area contributed by atoms with E-state index in [1.807, 2.05) is 28.6 Å². The SMILES string of the molecule is Cn1cnnc1CCC(=O)N1CCOCC1CC(=O)N1Cc2ccccc2C1. The quantitative estimate of drug-likeness (QED) is 0.767. The molecule has 0 saturated carbocycles. The predicted octanol–water partition coefficient (Wildman–Crippen LogP) is 0.908. The smallest absolute Gasteiger partial charge is 0.225 e. The summed E-state index contributed by atoms with van der Waals surface area (Å²) in [6, 6.07) is 7.92. The maximum atomic E-state index is 12.9.